The van der Waals surface area contributed by atoms with Crippen molar-refractivity contribution >= 4 is 5.91 Å². The average molecular weight is 340 g/mol. The van der Waals surface area contributed by atoms with E-state index in [1.165, 1.54) is 5.56 Å². The van der Waals surface area contributed by atoms with Crippen molar-refractivity contribution in [2.75, 3.05) is 13.1 Å². The predicted octanol–water partition coefficient (Wildman–Crippen LogP) is 1.12. The van der Waals surface area contributed by atoms with Crippen LogP contribution in [0.5, 0.6) is 0 Å². The molecule has 0 saturated carbocycles. The van der Waals surface area contributed by atoms with Gasteiger partial charge in [0.25, 0.3) is 5.91 Å². The molecule has 132 valence electrons. The summed E-state index contributed by atoms with van der Waals surface area (Å²) in [5, 5.41) is 11.3. The van der Waals surface area contributed by atoms with Crippen LogP contribution in [-0.4, -0.2) is 49.7 Å². The van der Waals surface area contributed by atoms with Crippen molar-refractivity contribution in [2.24, 2.45) is 11.8 Å². The molecule has 1 fully saturated rings. The van der Waals surface area contributed by atoms with Gasteiger partial charge < -0.3 is 9.88 Å². The van der Waals surface area contributed by atoms with E-state index in [4.69, 9.17) is 0 Å². The maximum absolute atomic E-state index is 12.3. The van der Waals surface area contributed by atoms with Gasteiger partial charge in [0.05, 0.1) is 0 Å². The summed E-state index contributed by atoms with van der Waals surface area (Å²) in [6, 6.07) is 4.20. The maximum Gasteiger partial charge on any atom is 0.289 e. The van der Waals surface area contributed by atoms with Crippen molar-refractivity contribution in [3.63, 3.8) is 0 Å². The summed E-state index contributed by atoms with van der Waals surface area (Å²) >= 11 is 0. The Balaban J connectivity index is 1.45. The van der Waals surface area contributed by atoms with Crippen LogP contribution in [0.3, 0.4) is 0 Å². The third-order valence-corrected chi connectivity index (χ3v) is 5.09. The Bertz CT molecular complexity index is 756. The van der Waals surface area contributed by atoms with Gasteiger partial charge in [-0.1, -0.05) is 6.07 Å². The zero-order valence-electron chi connectivity index (χ0n) is 14.7. The van der Waals surface area contributed by atoms with E-state index in [9.17, 15) is 4.79 Å². The zero-order valence-corrected chi connectivity index (χ0v) is 14.7. The smallest absolute Gasteiger partial charge is 0.289 e. The van der Waals surface area contributed by atoms with Crippen LogP contribution < -0.4 is 5.32 Å². The Morgan fingerprint density at radius 2 is 2.12 bits per heavy atom. The molecule has 0 radical (unpaired) electrons. The lowest BCUT2D eigenvalue weighted by Crippen LogP contribution is -2.35. The van der Waals surface area contributed by atoms with E-state index < -0.39 is 0 Å². The highest BCUT2D eigenvalue weighted by atomic mass is 16.2. The van der Waals surface area contributed by atoms with E-state index in [-0.39, 0.29) is 11.9 Å². The fraction of sp³-hybridized carbons (Fsp3) is 0.556. The van der Waals surface area contributed by atoms with E-state index in [1.807, 2.05) is 36.9 Å². The van der Waals surface area contributed by atoms with E-state index in [0.29, 0.717) is 17.7 Å². The molecule has 7 nitrogen and oxygen atoms in total. The number of carbonyl (C=O) groups is 1. The van der Waals surface area contributed by atoms with E-state index >= 15 is 0 Å². The molecular weight excluding hydrogens is 316 g/mol. The summed E-state index contributed by atoms with van der Waals surface area (Å²) in [5.74, 6) is 2.41. The molecule has 0 bridgehead atoms. The SMILES string of the molecule is CC(C)NC(=O)c1nnc2n1C[C@@H]1CN(Cc3cccnc3)C[C@@H]1C2. The monoisotopic (exact) mass is 340 g/mol. The minimum Gasteiger partial charge on any atom is -0.347 e. The number of fused-ring (bicyclic) bond motifs is 2. The minimum absolute atomic E-state index is 0.0956. The fourth-order valence-electron chi connectivity index (χ4n) is 3.99. The molecule has 2 aromatic rings. The largest absolute Gasteiger partial charge is 0.347 e. The number of hydrogen-bond donors (Lipinski definition) is 1. The Kier molecular flexibility index (Phi) is 4.25. The molecule has 1 saturated heterocycles. The number of aromatic nitrogens is 4. The van der Waals surface area contributed by atoms with Gasteiger partial charge in [0.1, 0.15) is 5.82 Å². The highest BCUT2D eigenvalue weighted by Crippen LogP contribution is 2.33. The fourth-order valence-corrected chi connectivity index (χ4v) is 3.99. The van der Waals surface area contributed by atoms with Crippen molar-refractivity contribution < 1.29 is 4.79 Å². The Morgan fingerprint density at radius 3 is 2.88 bits per heavy atom. The highest BCUT2D eigenvalue weighted by Gasteiger charge is 2.39. The summed E-state index contributed by atoms with van der Waals surface area (Å²) in [5.41, 5.74) is 1.25. The minimum atomic E-state index is -0.127. The quantitative estimate of drug-likeness (QED) is 0.902. The topological polar surface area (TPSA) is 75.9 Å². The first-order valence-corrected chi connectivity index (χ1v) is 8.94. The van der Waals surface area contributed by atoms with Crippen LogP contribution in [0.4, 0.5) is 0 Å². The second kappa shape index (κ2) is 6.55. The number of rotatable bonds is 4. The van der Waals surface area contributed by atoms with Gasteiger partial charge >= 0.3 is 0 Å². The van der Waals surface area contributed by atoms with Crippen molar-refractivity contribution in [1.29, 1.82) is 0 Å². The van der Waals surface area contributed by atoms with Crippen LogP contribution in [0.25, 0.3) is 0 Å². The van der Waals surface area contributed by atoms with Gasteiger partial charge in [0, 0.05) is 51.0 Å². The number of amides is 1. The molecule has 2 aliphatic rings. The molecular formula is C18H24N6O. The number of likely N-dealkylation sites (tertiary alicyclic amines) is 1. The third kappa shape index (κ3) is 3.28. The molecule has 0 aliphatic carbocycles. The molecule has 2 aliphatic heterocycles. The van der Waals surface area contributed by atoms with Crippen LogP contribution >= 0.6 is 0 Å². The van der Waals surface area contributed by atoms with Crippen LogP contribution in [0, 0.1) is 11.8 Å². The van der Waals surface area contributed by atoms with Crippen LogP contribution in [0.15, 0.2) is 24.5 Å². The van der Waals surface area contributed by atoms with Gasteiger partial charge in [-0.15, -0.1) is 10.2 Å². The number of hydrogen-bond acceptors (Lipinski definition) is 5. The molecule has 0 unspecified atom stereocenters. The highest BCUT2D eigenvalue weighted by molar-refractivity contribution is 5.90. The van der Waals surface area contributed by atoms with E-state index in [0.717, 1.165) is 38.4 Å². The molecule has 4 rings (SSSR count). The van der Waals surface area contributed by atoms with Gasteiger partial charge in [0.15, 0.2) is 0 Å². The van der Waals surface area contributed by atoms with Crippen molar-refractivity contribution in [3.05, 3.63) is 41.7 Å². The van der Waals surface area contributed by atoms with Crippen LogP contribution in [0.1, 0.15) is 35.9 Å². The number of pyridine rings is 1. The van der Waals surface area contributed by atoms with Gasteiger partial charge in [-0.05, 0) is 37.3 Å². The standard InChI is InChI=1S/C18H24N6O/c1-12(2)20-18(25)17-22-21-16-6-14-9-23(10-15(14)11-24(16)17)8-13-4-3-5-19-7-13/h3-5,7,12,14-15H,6,8-11H2,1-2H3,(H,20,25)/t14-,15-/m0/s1. The predicted molar refractivity (Wildman–Crippen MR) is 92.8 cm³/mol. The summed E-state index contributed by atoms with van der Waals surface area (Å²) < 4.78 is 2.02. The molecule has 1 amide bonds. The molecule has 25 heavy (non-hydrogen) atoms. The summed E-state index contributed by atoms with van der Waals surface area (Å²) in [6.07, 6.45) is 4.64. The van der Waals surface area contributed by atoms with E-state index in [1.54, 1.807) is 0 Å². The van der Waals surface area contributed by atoms with Crippen LogP contribution in [0.2, 0.25) is 0 Å². The van der Waals surface area contributed by atoms with Crippen molar-refractivity contribution in [1.82, 2.24) is 30.0 Å². The Labute approximate surface area is 147 Å². The zero-order chi connectivity index (χ0) is 17.4. The van der Waals surface area contributed by atoms with Gasteiger partial charge in [-0.3, -0.25) is 14.7 Å². The lowest BCUT2D eigenvalue weighted by molar-refractivity contribution is 0.0924. The van der Waals surface area contributed by atoms with E-state index in [2.05, 4.69) is 31.5 Å². The Morgan fingerprint density at radius 1 is 1.28 bits per heavy atom. The summed E-state index contributed by atoms with van der Waals surface area (Å²) in [7, 11) is 0. The summed E-state index contributed by atoms with van der Waals surface area (Å²) in [6.45, 7) is 7.78. The Hall–Kier alpha value is -2.28. The molecule has 0 aromatic carbocycles. The molecule has 4 heterocycles. The second-order valence-corrected chi connectivity index (χ2v) is 7.46. The first kappa shape index (κ1) is 16.2. The molecule has 1 N–H and O–H groups in total. The normalized spacial score (nSPS) is 22.7. The first-order valence-electron chi connectivity index (χ1n) is 8.94. The summed E-state index contributed by atoms with van der Waals surface area (Å²) in [4.78, 5) is 19.0. The molecule has 7 heteroatoms. The van der Waals surface area contributed by atoms with Crippen molar-refractivity contribution in [2.45, 2.75) is 39.4 Å². The lowest BCUT2D eigenvalue weighted by Gasteiger charge is -2.25. The number of carbonyl (C=O) groups excluding carboxylic acids is 1. The maximum atomic E-state index is 12.3. The molecule has 2 atom stereocenters. The number of nitrogens with one attached hydrogen (secondary N) is 1. The van der Waals surface area contributed by atoms with Gasteiger partial charge in [0.2, 0.25) is 5.82 Å². The van der Waals surface area contributed by atoms with Crippen LogP contribution in [-0.2, 0) is 19.5 Å². The molecule has 2 aromatic heterocycles. The van der Waals surface area contributed by atoms with Gasteiger partial charge in [-0.2, -0.15) is 0 Å². The third-order valence-electron chi connectivity index (χ3n) is 5.09. The molecule has 0 spiro atoms. The first-order chi connectivity index (χ1) is 12.1. The van der Waals surface area contributed by atoms with Crippen molar-refractivity contribution in [3.8, 4) is 0 Å². The van der Waals surface area contributed by atoms with Gasteiger partial charge in [-0.25, -0.2) is 0 Å². The number of nitrogens with zero attached hydrogens (tertiary/aromatic N) is 5. The second-order valence-electron chi connectivity index (χ2n) is 7.46. The lowest BCUT2D eigenvalue weighted by atomic mass is 9.89. The average Bonchev–Trinajstić information content (AvgIpc) is 3.15.